The van der Waals surface area contributed by atoms with Gasteiger partial charge in [-0.2, -0.15) is 0 Å². The molecule has 1 aliphatic heterocycles. The van der Waals surface area contributed by atoms with Gasteiger partial charge in [0.25, 0.3) is 0 Å². The van der Waals surface area contributed by atoms with Gasteiger partial charge in [-0.15, -0.1) is 0 Å². The van der Waals surface area contributed by atoms with Crippen LogP contribution in [0.5, 0.6) is 0 Å². The zero-order valence-corrected chi connectivity index (χ0v) is 14.9. The summed E-state index contributed by atoms with van der Waals surface area (Å²) >= 11 is 6.09. The number of urea groups is 1. The molecule has 25 heavy (non-hydrogen) atoms. The highest BCUT2D eigenvalue weighted by atomic mass is 35.5. The van der Waals surface area contributed by atoms with Crippen molar-refractivity contribution in [1.29, 1.82) is 0 Å². The van der Waals surface area contributed by atoms with Crippen LogP contribution in [0.3, 0.4) is 0 Å². The molecule has 1 aliphatic rings. The molecule has 4 nitrogen and oxygen atoms in total. The summed E-state index contributed by atoms with van der Waals surface area (Å²) < 4.78 is 13.8. The average Bonchev–Trinajstić information content (AvgIpc) is 2.61. The minimum atomic E-state index is -0.181. The van der Waals surface area contributed by atoms with E-state index in [2.05, 4.69) is 10.2 Å². The van der Waals surface area contributed by atoms with Crippen molar-refractivity contribution >= 4 is 23.3 Å². The zero-order chi connectivity index (χ0) is 17.8. The third-order valence-corrected chi connectivity index (χ3v) is 4.93. The summed E-state index contributed by atoms with van der Waals surface area (Å²) in [5, 5.41) is 3.55. The number of carbonyl (C=O) groups is 1. The van der Waals surface area contributed by atoms with E-state index < -0.39 is 0 Å². The highest BCUT2D eigenvalue weighted by molar-refractivity contribution is 6.31. The Hall–Kier alpha value is -2.11. The molecular weight excluding hydrogens is 341 g/mol. The molecule has 0 spiro atoms. The van der Waals surface area contributed by atoms with Crippen molar-refractivity contribution in [2.24, 2.45) is 0 Å². The molecule has 3 rings (SSSR count). The molecule has 0 atom stereocenters. The van der Waals surface area contributed by atoms with Gasteiger partial charge in [0.2, 0.25) is 0 Å². The van der Waals surface area contributed by atoms with Crippen molar-refractivity contribution in [3.05, 3.63) is 64.4 Å². The van der Waals surface area contributed by atoms with Crippen molar-refractivity contribution < 1.29 is 9.18 Å². The summed E-state index contributed by atoms with van der Waals surface area (Å²) in [6, 6.07) is 12.1. The smallest absolute Gasteiger partial charge is 0.321 e. The molecule has 2 amide bonds. The van der Waals surface area contributed by atoms with Crippen LogP contribution in [-0.4, -0.2) is 42.0 Å². The van der Waals surface area contributed by atoms with Gasteiger partial charge in [-0.25, -0.2) is 9.18 Å². The standard InChI is InChI=1S/C19H21ClFN3O/c1-14-16(20)6-4-8-18(14)22-19(25)24-11-9-23(10-12-24)13-15-5-2-3-7-17(15)21/h2-8H,9-13H2,1H3,(H,22,25). The van der Waals surface area contributed by atoms with Gasteiger partial charge in [0, 0.05) is 49.0 Å². The number of amides is 2. The van der Waals surface area contributed by atoms with Crippen molar-refractivity contribution in [3.63, 3.8) is 0 Å². The molecule has 0 aliphatic carbocycles. The van der Waals surface area contributed by atoms with Crippen molar-refractivity contribution in [2.75, 3.05) is 31.5 Å². The molecule has 2 aromatic rings. The number of hydrogen-bond donors (Lipinski definition) is 1. The van der Waals surface area contributed by atoms with Crippen molar-refractivity contribution in [2.45, 2.75) is 13.5 Å². The topological polar surface area (TPSA) is 35.6 Å². The second-order valence-electron chi connectivity index (χ2n) is 6.20. The van der Waals surface area contributed by atoms with Crippen LogP contribution in [0.25, 0.3) is 0 Å². The number of halogens is 2. The number of piperazine rings is 1. The number of anilines is 1. The van der Waals surface area contributed by atoms with E-state index in [1.165, 1.54) is 6.07 Å². The first-order valence-electron chi connectivity index (χ1n) is 8.31. The highest BCUT2D eigenvalue weighted by Crippen LogP contribution is 2.23. The fraction of sp³-hybridized carbons (Fsp3) is 0.316. The quantitative estimate of drug-likeness (QED) is 0.891. The van der Waals surface area contributed by atoms with Gasteiger partial charge in [0.1, 0.15) is 5.82 Å². The highest BCUT2D eigenvalue weighted by Gasteiger charge is 2.22. The summed E-state index contributed by atoms with van der Waals surface area (Å²) in [5.74, 6) is -0.181. The minimum absolute atomic E-state index is 0.129. The van der Waals surface area contributed by atoms with Crippen LogP contribution in [0, 0.1) is 12.7 Å². The molecule has 0 bridgehead atoms. The zero-order valence-electron chi connectivity index (χ0n) is 14.1. The number of nitrogens with zero attached hydrogens (tertiary/aromatic N) is 2. The van der Waals surface area contributed by atoms with Gasteiger partial charge in [-0.3, -0.25) is 4.90 Å². The van der Waals surface area contributed by atoms with E-state index in [0.717, 1.165) is 24.3 Å². The van der Waals surface area contributed by atoms with Crippen LogP contribution in [0.4, 0.5) is 14.9 Å². The summed E-state index contributed by atoms with van der Waals surface area (Å²) in [4.78, 5) is 16.4. The molecule has 1 heterocycles. The van der Waals surface area contributed by atoms with E-state index in [1.807, 2.05) is 25.1 Å². The van der Waals surface area contributed by atoms with Crippen LogP contribution in [-0.2, 0) is 6.54 Å². The lowest BCUT2D eigenvalue weighted by Crippen LogP contribution is -2.49. The van der Waals surface area contributed by atoms with E-state index in [9.17, 15) is 9.18 Å². The van der Waals surface area contributed by atoms with E-state index in [1.54, 1.807) is 23.1 Å². The average molecular weight is 362 g/mol. The van der Waals surface area contributed by atoms with E-state index in [4.69, 9.17) is 11.6 Å². The van der Waals surface area contributed by atoms with E-state index in [0.29, 0.717) is 30.2 Å². The first-order valence-corrected chi connectivity index (χ1v) is 8.69. The molecule has 1 saturated heterocycles. The fourth-order valence-electron chi connectivity index (χ4n) is 2.91. The normalized spacial score (nSPS) is 15.2. The maximum atomic E-state index is 13.8. The van der Waals surface area contributed by atoms with Crippen LogP contribution in [0.1, 0.15) is 11.1 Å². The summed E-state index contributed by atoms with van der Waals surface area (Å²) in [6.45, 7) is 5.10. The van der Waals surface area contributed by atoms with E-state index >= 15 is 0 Å². The lowest BCUT2D eigenvalue weighted by molar-refractivity contribution is 0.142. The molecule has 0 unspecified atom stereocenters. The van der Waals surface area contributed by atoms with Crippen LogP contribution in [0.2, 0.25) is 5.02 Å². The Bertz CT molecular complexity index is 760. The number of rotatable bonds is 3. The Labute approximate surface area is 152 Å². The largest absolute Gasteiger partial charge is 0.322 e. The molecule has 6 heteroatoms. The minimum Gasteiger partial charge on any atom is -0.322 e. The summed E-state index contributed by atoms with van der Waals surface area (Å²) in [7, 11) is 0. The first kappa shape index (κ1) is 17.7. The molecule has 132 valence electrons. The second kappa shape index (κ2) is 7.85. The van der Waals surface area contributed by atoms with Crippen molar-refractivity contribution in [1.82, 2.24) is 9.80 Å². The van der Waals surface area contributed by atoms with Crippen LogP contribution in [0.15, 0.2) is 42.5 Å². The van der Waals surface area contributed by atoms with Gasteiger partial charge < -0.3 is 10.2 Å². The van der Waals surface area contributed by atoms with E-state index in [-0.39, 0.29) is 11.8 Å². The maximum Gasteiger partial charge on any atom is 0.321 e. The molecule has 2 aromatic carbocycles. The number of carbonyl (C=O) groups excluding carboxylic acids is 1. The fourth-order valence-corrected chi connectivity index (χ4v) is 3.09. The Kier molecular flexibility index (Phi) is 5.56. The Morgan fingerprint density at radius 1 is 1.12 bits per heavy atom. The predicted molar refractivity (Wildman–Crippen MR) is 98.5 cm³/mol. The molecular formula is C19H21ClFN3O. The number of nitrogens with one attached hydrogen (secondary N) is 1. The Morgan fingerprint density at radius 3 is 2.56 bits per heavy atom. The summed E-state index contributed by atoms with van der Waals surface area (Å²) in [5.41, 5.74) is 2.27. The second-order valence-corrected chi connectivity index (χ2v) is 6.60. The van der Waals surface area contributed by atoms with Crippen molar-refractivity contribution in [3.8, 4) is 0 Å². The predicted octanol–water partition coefficient (Wildman–Crippen LogP) is 4.14. The number of hydrogen-bond acceptors (Lipinski definition) is 2. The monoisotopic (exact) mass is 361 g/mol. The van der Waals surface area contributed by atoms with Crippen LogP contribution >= 0.6 is 11.6 Å². The Balaban J connectivity index is 1.54. The van der Waals surface area contributed by atoms with Crippen LogP contribution < -0.4 is 5.32 Å². The lowest BCUT2D eigenvalue weighted by atomic mass is 10.2. The maximum absolute atomic E-state index is 13.8. The van der Waals surface area contributed by atoms with Gasteiger partial charge in [0.05, 0.1) is 0 Å². The third kappa shape index (κ3) is 4.30. The summed E-state index contributed by atoms with van der Waals surface area (Å²) in [6.07, 6.45) is 0. The Morgan fingerprint density at radius 2 is 1.84 bits per heavy atom. The van der Waals surface area contributed by atoms with Gasteiger partial charge >= 0.3 is 6.03 Å². The number of benzene rings is 2. The SMILES string of the molecule is Cc1c(Cl)cccc1NC(=O)N1CCN(Cc2ccccc2F)CC1. The lowest BCUT2D eigenvalue weighted by Gasteiger charge is -2.34. The van der Waals surface area contributed by atoms with Gasteiger partial charge in [-0.05, 0) is 30.7 Å². The molecule has 0 radical (unpaired) electrons. The van der Waals surface area contributed by atoms with Gasteiger partial charge in [-0.1, -0.05) is 35.9 Å². The molecule has 1 fully saturated rings. The molecule has 0 aromatic heterocycles. The third-order valence-electron chi connectivity index (χ3n) is 4.52. The first-order chi connectivity index (χ1) is 12.0. The molecule has 0 saturated carbocycles. The van der Waals surface area contributed by atoms with Gasteiger partial charge in [0.15, 0.2) is 0 Å². The molecule has 1 N–H and O–H groups in total.